The van der Waals surface area contributed by atoms with Gasteiger partial charge in [-0.1, -0.05) is 13.8 Å². The summed E-state index contributed by atoms with van der Waals surface area (Å²) in [5.41, 5.74) is 3.62. The molecule has 2 aliphatic heterocycles. The van der Waals surface area contributed by atoms with Gasteiger partial charge >= 0.3 is 0 Å². The van der Waals surface area contributed by atoms with Gasteiger partial charge in [0.1, 0.15) is 4.83 Å². The van der Waals surface area contributed by atoms with E-state index in [1.54, 1.807) is 29.8 Å². The molecule has 0 saturated carbocycles. The Bertz CT molecular complexity index is 1210. The van der Waals surface area contributed by atoms with Crippen molar-refractivity contribution in [3.05, 3.63) is 53.9 Å². The molecule has 2 atom stereocenters. The lowest BCUT2D eigenvalue weighted by Gasteiger charge is -2.30. The van der Waals surface area contributed by atoms with Crippen LogP contribution in [-0.2, 0) is 14.3 Å². The number of carbonyl (C=O) groups excluding carboxylic acids is 2. The molecule has 2 aliphatic rings. The van der Waals surface area contributed by atoms with Crippen LogP contribution in [0.1, 0.15) is 33.3 Å². The van der Waals surface area contributed by atoms with E-state index in [0.717, 1.165) is 29.4 Å². The highest BCUT2D eigenvalue weighted by Gasteiger charge is 2.20. The molecule has 5 heterocycles. The molecule has 0 aromatic carbocycles. The SMILES string of the molecule is CC.CC1CN(CC(=O)NC2=CNC(C)C(NC=O)=C2)CCO1.Cc1cnn2cc(-c3ccn[nH]3)sc12. The molecule has 2 amide bonds. The van der Waals surface area contributed by atoms with Crippen LogP contribution in [0, 0.1) is 6.92 Å². The van der Waals surface area contributed by atoms with Gasteiger partial charge in [-0.05, 0) is 32.9 Å². The van der Waals surface area contributed by atoms with Gasteiger partial charge in [-0.2, -0.15) is 10.2 Å². The number of amides is 2. The fourth-order valence-corrected chi connectivity index (χ4v) is 4.79. The third-order valence-corrected chi connectivity index (χ3v) is 6.85. The number of nitrogens with zero attached hydrogens (tertiary/aromatic N) is 4. The Morgan fingerprint density at radius 1 is 1.35 bits per heavy atom. The molecule has 37 heavy (non-hydrogen) atoms. The minimum Gasteiger partial charge on any atom is -0.381 e. The second kappa shape index (κ2) is 13.7. The molecule has 0 radical (unpaired) electrons. The Morgan fingerprint density at radius 2 is 2.16 bits per heavy atom. The number of morpholine rings is 1. The molecule has 4 N–H and O–H groups in total. The average molecular weight is 529 g/mol. The van der Waals surface area contributed by atoms with Crippen molar-refractivity contribution in [2.75, 3.05) is 26.2 Å². The standard InChI is InChI=1S/C14H22N4O3.C9H8N4S.C2H6/c1-10-7-18(3-4-21-10)8-14(20)17-12-5-13(16-9-19)11(2)15-6-12;1-6-4-11-13-5-8(14-9(6)13)7-2-3-10-12-7;1-2/h5-6,9-11,15H,3-4,7-8H2,1-2H3,(H,16,19)(H,17,20);2-5H,1H3,(H,10,12);1-2H3. The number of aryl methyl sites for hydroxylation is 1. The van der Waals surface area contributed by atoms with E-state index in [9.17, 15) is 9.59 Å². The lowest BCUT2D eigenvalue weighted by Crippen LogP contribution is -2.46. The number of carbonyl (C=O) groups is 2. The Hall–Kier alpha value is -3.48. The largest absolute Gasteiger partial charge is 0.381 e. The van der Waals surface area contributed by atoms with Gasteiger partial charge in [0.15, 0.2) is 0 Å². The Labute approximate surface area is 221 Å². The number of rotatable bonds is 6. The van der Waals surface area contributed by atoms with Crippen LogP contribution in [0.25, 0.3) is 15.4 Å². The highest BCUT2D eigenvalue weighted by molar-refractivity contribution is 7.20. The fraction of sp³-hybridized carbons (Fsp3) is 0.440. The van der Waals surface area contributed by atoms with E-state index in [0.29, 0.717) is 25.3 Å². The second-order valence-electron chi connectivity index (χ2n) is 8.46. The van der Waals surface area contributed by atoms with Crippen LogP contribution in [0.5, 0.6) is 0 Å². The number of nitrogens with one attached hydrogen (secondary N) is 4. The number of aromatic nitrogens is 4. The summed E-state index contributed by atoms with van der Waals surface area (Å²) in [5.74, 6) is -0.0755. The van der Waals surface area contributed by atoms with E-state index in [1.807, 2.05) is 50.7 Å². The van der Waals surface area contributed by atoms with Crippen LogP contribution in [0.4, 0.5) is 0 Å². The molecule has 3 aromatic rings. The molecule has 0 spiro atoms. The molecule has 3 aromatic heterocycles. The number of fused-ring (bicyclic) bond motifs is 1. The van der Waals surface area contributed by atoms with Gasteiger partial charge in [0.2, 0.25) is 12.3 Å². The van der Waals surface area contributed by atoms with Gasteiger partial charge in [0.25, 0.3) is 0 Å². The van der Waals surface area contributed by atoms with Gasteiger partial charge in [-0.3, -0.25) is 19.6 Å². The first-order valence-corrected chi connectivity index (χ1v) is 13.2. The Balaban J connectivity index is 0.000000205. The maximum absolute atomic E-state index is 12.1. The number of H-pyrrole nitrogens is 1. The third kappa shape index (κ3) is 7.75. The van der Waals surface area contributed by atoms with Crippen molar-refractivity contribution in [3.63, 3.8) is 0 Å². The molecule has 0 aliphatic carbocycles. The van der Waals surface area contributed by atoms with Crippen LogP contribution in [-0.4, -0.2) is 75.4 Å². The van der Waals surface area contributed by atoms with Crippen LogP contribution in [0.3, 0.4) is 0 Å². The van der Waals surface area contributed by atoms with Gasteiger partial charge in [0, 0.05) is 42.9 Å². The van der Waals surface area contributed by atoms with E-state index in [-0.39, 0.29) is 18.1 Å². The molecule has 12 heteroatoms. The van der Waals surface area contributed by atoms with Crippen LogP contribution >= 0.6 is 11.3 Å². The van der Waals surface area contributed by atoms with E-state index in [1.165, 1.54) is 10.4 Å². The summed E-state index contributed by atoms with van der Waals surface area (Å²) in [6.45, 7) is 12.5. The van der Waals surface area contributed by atoms with Crippen molar-refractivity contribution in [1.29, 1.82) is 0 Å². The Kier molecular flexibility index (Phi) is 10.4. The number of hydrogen-bond donors (Lipinski definition) is 4. The summed E-state index contributed by atoms with van der Waals surface area (Å²) < 4.78 is 7.35. The van der Waals surface area contributed by atoms with E-state index in [4.69, 9.17) is 4.74 Å². The van der Waals surface area contributed by atoms with Gasteiger partial charge < -0.3 is 20.7 Å². The lowest BCUT2D eigenvalue weighted by molar-refractivity contribution is -0.123. The van der Waals surface area contributed by atoms with Crippen molar-refractivity contribution >= 4 is 28.5 Å². The van der Waals surface area contributed by atoms with Crippen LogP contribution in [0.2, 0.25) is 0 Å². The molecular weight excluding hydrogens is 492 g/mol. The quantitative estimate of drug-likeness (QED) is 0.362. The van der Waals surface area contributed by atoms with Crippen LogP contribution in [0.15, 0.2) is 48.3 Å². The van der Waals surface area contributed by atoms with Gasteiger partial charge in [-0.15, -0.1) is 11.3 Å². The van der Waals surface area contributed by atoms with Gasteiger partial charge in [0.05, 0.1) is 47.8 Å². The topological polar surface area (TPSA) is 129 Å². The van der Waals surface area contributed by atoms with E-state index in [2.05, 4.69) is 43.1 Å². The zero-order valence-electron chi connectivity index (χ0n) is 21.9. The first-order valence-electron chi connectivity index (χ1n) is 12.4. The van der Waals surface area contributed by atoms with Crippen LogP contribution < -0.4 is 16.0 Å². The average Bonchev–Trinajstić information content (AvgIpc) is 3.62. The zero-order valence-corrected chi connectivity index (χ0v) is 22.8. The van der Waals surface area contributed by atoms with E-state index < -0.39 is 0 Å². The summed E-state index contributed by atoms with van der Waals surface area (Å²) >= 11 is 1.72. The molecule has 200 valence electrons. The van der Waals surface area contributed by atoms with Crippen molar-refractivity contribution in [3.8, 4) is 10.6 Å². The van der Waals surface area contributed by atoms with Crippen molar-refractivity contribution < 1.29 is 14.3 Å². The molecule has 2 unspecified atom stereocenters. The number of hydrogen-bond acceptors (Lipinski definition) is 8. The smallest absolute Gasteiger partial charge is 0.238 e. The first kappa shape index (κ1) is 28.1. The summed E-state index contributed by atoms with van der Waals surface area (Å²) in [5, 5.41) is 19.7. The van der Waals surface area contributed by atoms with Crippen molar-refractivity contribution in [1.82, 2.24) is 40.7 Å². The minimum atomic E-state index is -0.0755. The Morgan fingerprint density at radius 3 is 2.84 bits per heavy atom. The molecule has 0 bridgehead atoms. The summed E-state index contributed by atoms with van der Waals surface area (Å²) in [6, 6.07) is 1.97. The highest BCUT2D eigenvalue weighted by Crippen LogP contribution is 2.28. The molecule has 1 saturated heterocycles. The predicted molar refractivity (Wildman–Crippen MR) is 145 cm³/mol. The number of aromatic amines is 1. The highest BCUT2D eigenvalue weighted by atomic mass is 32.1. The molecule has 5 rings (SSSR count). The fourth-order valence-electron chi connectivity index (χ4n) is 3.80. The number of dihydropyridines is 1. The number of ether oxygens (including phenoxy) is 1. The predicted octanol–water partition coefficient (Wildman–Crippen LogP) is 2.41. The molecular formula is C25H36N8O3S. The molecule has 11 nitrogen and oxygen atoms in total. The number of allylic oxidation sites excluding steroid dienone is 1. The first-order chi connectivity index (χ1) is 17.9. The molecule has 1 fully saturated rings. The zero-order chi connectivity index (χ0) is 26.8. The van der Waals surface area contributed by atoms with Crippen molar-refractivity contribution in [2.45, 2.75) is 46.8 Å². The minimum absolute atomic E-state index is 0.0101. The van der Waals surface area contributed by atoms with Crippen molar-refractivity contribution in [2.24, 2.45) is 0 Å². The summed E-state index contributed by atoms with van der Waals surface area (Å²) in [6.07, 6.45) is 9.93. The van der Waals surface area contributed by atoms with Gasteiger partial charge in [-0.25, -0.2) is 4.52 Å². The maximum Gasteiger partial charge on any atom is 0.238 e. The third-order valence-electron chi connectivity index (χ3n) is 5.60. The number of thiazole rings is 1. The summed E-state index contributed by atoms with van der Waals surface area (Å²) in [7, 11) is 0. The monoisotopic (exact) mass is 528 g/mol. The maximum atomic E-state index is 12.1. The van der Waals surface area contributed by atoms with E-state index >= 15 is 0 Å². The lowest BCUT2D eigenvalue weighted by atomic mass is 10.1. The summed E-state index contributed by atoms with van der Waals surface area (Å²) in [4.78, 5) is 27.0. The second-order valence-corrected chi connectivity index (χ2v) is 9.49. The normalized spacial score (nSPS) is 19.3.